The van der Waals surface area contributed by atoms with Gasteiger partial charge in [-0.25, -0.2) is 4.79 Å². The standard InChI is InChI=1S/C20H25BrN2O4/c21-15-10-8-14(9-11-15)18(24)22-17(13-5-2-1-3-6-13)19(25)23-12-4-7-16(23)20(26)27/h8-11,13,16-17H,1-7,12H2,(H,22,24)(H,26,27)/t16-,17?/m0/s1. The lowest BCUT2D eigenvalue weighted by atomic mass is 9.83. The Morgan fingerprint density at radius 3 is 2.33 bits per heavy atom. The van der Waals surface area contributed by atoms with Crippen LogP contribution in [0.25, 0.3) is 0 Å². The van der Waals surface area contributed by atoms with Crippen LogP contribution < -0.4 is 5.32 Å². The maximum absolute atomic E-state index is 13.2. The number of carboxylic acids is 1. The monoisotopic (exact) mass is 436 g/mol. The highest BCUT2D eigenvalue weighted by atomic mass is 79.9. The lowest BCUT2D eigenvalue weighted by Gasteiger charge is -2.34. The van der Waals surface area contributed by atoms with Gasteiger partial charge in [0.25, 0.3) is 5.91 Å². The van der Waals surface area contributed by atoms with Crippen LogP contribution in [0.2, 0.25) is 0 Å². The molecule has 2 atom stereocenters. The molecular formula is C20H25BrN2O4. The molecular weight excluding hydrogens is 412 g/mol. The average Bonchev–Trinajstić information content (AvgIpc) is 3.17. The second-order valence-corrected chi connectivity index (χ2v) is 8.30. The number of halogens is 1. The minimum absolute atomic E-state index is 0.0562. The molecule has 0 bridgehead atoms. The quantitative estimate of drug-likeness (QED) is 0.741. The summed E-state index contributed by atoms with van der Waals surface area (Å²) in [7, 11) is 0. The first-order chi connectivity index (χ1) is 13.0. The molecule has 0 aromatic heterocycles. The van der Waals surface area contributed by atoms with Crippen molar-refractivity contribution in [2.45, 2.75) is 57.0 Å². The Morgan fingerprint density at radius 2 is 1.70 bits per heavy atom. The summed E-state index contributed by atoms with van der Waals surface area (Å²) in [6.07, 6.45) is 6.11. The Hall–Kier alpha value is -1.89. The molecule has 6 nitrogen and oxygen atoms in total. The van der Waals surface area contributed by atoms with E-state index in [1.165, 1.54) is 4.90 Å². The van der Waals surface area contributed by atoms with Crippen molar-refractivity contribution in [3.63, 3.8) is 0 Å². The van der Waals surface area contributed by atoms with E-state index in [0.717, 1.165) is 36.6 Å². The van der Waals surface area contributed by atoms with E-state index in [4.69, 9.17) is 0 Å². The summed E-state index contributed by atoms with van der Waals surface area (Å²) >= 11 is 3.35. The summed E-state index contributed by atoms with van der Waals surface area (Å²) in [4.78, 5) is 38.9. The third kappa shape index (κ3) is 4.69. The molecule has 1 unspecified atom stereocenters. The summed E-state index contributed by atoms with van der Waals surface area (Å²) in [6.45, 7) is 0.438. The maximum atomic E-state index is 13.2. The van der Waals surface area contributed by atoms with Crippen LogP contribution in [0.15, 0.2) is 28.7 Å². The fourth-order valence-corrected chi connectivity index (χ4v) is 4.40. The molecule has 1 aromatic rings. The molecule has 1 heterocycles. The number of nitrogens with one attached hydrogen (secondary N) is 1. The van der Waals surface area contributed by atoms with Crippen LogP contribution in [0, 0.1) is 5.92 Å². The molecule has 3 rings (SSSR count). The van der Waals surface area contributed by atoms with Gasteiger partial charge < -0.3 is 15.3 Å². The first kappa shape index (κ1) is 19.9. The first-order valence-electron chi connectivity index (χ1n) is 9.57. The number of aliphatic carboxylic acids is 1. The van der Waals surface area contributed by atoms with Gasteiger partial charge in [0.2, 0.25) is 5.91 Å². The van der Waals surface area contributed by atoms with Gasteiger partial charge in [0.05, 0.1) is 0 Å². The van der Waals surface area contributed by atoms with Crippen molar-refractivity contribution in [3.05, 3.63) is 34.3 Å². The van der Waals surface area contributed by atoms with E-state index in [9.17, 15) is 19.5 Å². The second-order valence-electron chi connectivity index (χ2n) is 7.38. The van der Waals surface area contributed by atoms with Crippen LogP contribution in [-0.2, 0) is 9.59 Å². The van der Waals surface area contributed by atoms with Crippen molar-refractivity contribution < 1.29 is 19.5 Å². The number of likely N-dealkylation sites (tertiary alicyclic amines) is 1. The van der Waals surface area contributed by atoms with Gasteiger partial charge in [-0.1, -0.05) is 35.2 Å². The van der Waals surface area contributed by atoms with Gasteiger partial charge in [0, 0.05) is 16.6 Å². The highest BCUT2D eigenvalue weighted by molar-refractivity contribution is 9.10. The molecule has 27 heavy (non-hydrogen) atoms. The van der Waals surface area contributed by atoms with Crippen molar-refractivity contribution in [1.82, 2.24) is 10.2 Å². The summed E-state index contributed by atoms with van der Waals surface area (Å²) in [5.74, 6) is -1.46. The number of hydrogen-bond donors (Lipinski definition) is 2. The van der Waals surface area contributed by atoms with E-state index < -0.39 is 18.1 Å². The maximum Gasteiger partial charge on any atom is 0.326 e. The third-order valence-electron chi connectivity index (χ3n) is 5.60. The number of hydrogen-bond acceptors (Lipinski definition) is 3. The number of nitrogens with zero attached hydrogens (tertiary/aromatic N) is 1. The van der Waals surface area contributed by atoms with Crippen molar-refractivity contribution in [2.24, 2.45) is 5.92 Å². The lowest BCUT2D eigenvalue weighted by Crippen LogP contribution is -2.55. The molecule has 2 fully saturated rings. The van der Waals surface area contributed by atoms with E-state index in [1.807, 2.05) is 0 Å². The summed E-state index contributed by atoms with van der Waals surface area (Å²) in [6, 6.07) is 5.53. The first-order valence-corrected chi connectivity index (χ1v) is 10.4. The highest BCUT2D eigenvalue weighted by Crippen LogP contribution is 2.29. The van der Waals surface area contributed by atoms with Gasteiger partial charge in [0.15, 0.2) is 0 Å². The zero-order chi connectivity index (χ0) is 19.4. The number of benzene rings is 1. The molecule has 7 heteroatoms. The summed E-state index contributed by atoms with van der Waals surface area (Å²) in [5, 5.41) is 12.3. The Balaban J connectivity index is 1.80. The zero-order valence-electron chi connectivity index (χ0n) is 15.2. The predicted octanol–water partition coefficient (Wildman–Crippen LogP) is 3.20. The van der Waals surface area contributed by atoms with E-state index in [-0.39, 0.29) is 17.7 Å². The smallest absolute Gasteiger partial charge is 0.326 e. The molecule has 146 valence electrons. The van der Waals surface area contributed by atoms with Gasteiger partial charge in [-0.05, 0) is 55.9 Å². The molecule has 1 saturated heterocycles. The van der Waals surface area contributed by atoms with E-state index >= 15 is 0 Å². The second kappa shape index (κ2) is 8.87. The molecule has 2 N–H and O–H groups in total. The fourth-order valence-electron chi connectivity index (χ4n) is 4.14. The average molecular weight is 437 g/mol. The summed E-state index contributed by atoms with van der Waals surface area (Å²) < 4.78 is 0.875. The van der Waals surface area contributed by atoms with Gasteiger partial charge in [-0.15, -0.1) is 0 Å². The number of rotatable bonds is 5. The Kier molecular flexibility index (Phi) is 6.52. The number of carboxylic acid groups (broad SMARTS) is 1. The molecule has 1 aromatic carbocycles. The predicted molar refractivity (Wildman–Crippen MR) is 104 cm³/mol. The van der Waals surface area contributed by atoms with Crippen LogP contribution in [0.1, 0.15) is 55.3 Å². The van der Waals surface area contributed by atoms with Crippen LogP contribution in [-0.4, -0.2) is 46.4 Å². The molecule has 2 aliphatic rings. The highest BCUT2D eigenvalue weighted by Gasteiger charge is 2.40. The van der Waals surface area contributed by atoms with Crippen LogP contribution in [0.5, 0.6) is 0 Å². The van der Waals surface area contributed by atoms with E-state index in [0.29, 0.717) is 24.9 Å². The zero-order valence-corrected chi connectivity index (χ0v) is 16.8. The SMILES string of the molecule is O=C(NC(C(=O)N1CCC[C@H]1C(=O)O)C1CCCCC1)c1ccc(Br)cc1. The van der Waals surface area contributed by atoms with Crippen molar-refractivity contribution in [2.75, 3.05) is 6.54 Å². The normalized spacial score (nSPS) is 21.7. The van der Waals surface area contributed by atoms with Crippen molar-refractivity contribution in [3.8, 4) is 0 Å². The van der Waals surface area contributed by atoms with Gasteiger partial charge in [-0.3, -0.25) is 9.59 Å². The van der Waals surface area contributed by atoms with Crippen LogP contribution in [0.3, 0.4) is 0 Å². The third-order valence-corrected chi connectivity index (χ3v) is 6.13. The number of amides is 2. The Bertz CT molecular complexity index is 700. The van der Waals surface area contributed by atoms with E-state index in [1.54, 1.807) is 24.3 Å². The molecule has 0 spiro atoms. The molecule has 1 saturated carbocycles. The Morgan fingerprint density at radius 1 is 1.04 bits per heavy atom. The largest absolute Gasteiger partial charge is 0.480 e. The number of carbonyl (C=O) groups is 3. The molecule has 1 aliphatic heterocycles. The summed E-state index contributed by atoms with van der Waals surface area (Å²) in [5.41, 5.74) is 0.489. The van der Waals surface area contributed by atoms with E-state index in [2.05, 4.69) is 21.2 Å². The molecule has 1 aliphatic carbocycles. The van der Waals surface area contributed by atoms with Gasteiger partial charge in [0.1, 0.15) is 12.1 Å². The molecule has 0 radical (unpaired) electrons. The van der Waals surface area contributed by atoms with Gasteiger partial charge >= 0.3 is 5.97 Å². The van der Waals surface area contributed by atoms with Crippen LogP contribution in [0.4, 0.5) is 0 Å². The Labute approximate surface area is 167 Å². The van der Waals surface area contributed by atoms with Crippen molar-refractivity contribution in [1.29, 1.82) is 0 Å². The minimum Gasteiger partial charge on any atom is -0.480 e. The molecule has 2 amide bonds. The topological polar surface area (TPSA) is 86.7 Å². The van der Waals surface area contributed by atoms with Gasteiger partial charge in [-0.2, -0.15) is 0 Å². The van der Waals surface area contributed by atoms with Crippen molar-refractivity contribution >= 4 is 33.7 Å². The number of carbonyl (C=O) groups excluding carboxylic acids is 2. The van der Waals surface area contributed by atoms with Crippen LogP contribution >= 0.6 is 15.9 Å². The minimum atomic E-state index is -0.970. The fraction of sp³-hybridized carbons (Fsp3) is 0.550. The lowest BCUT2D eigenvalue weighted by molar-refractivity contribution is -0.149.